The minimum Gasteiger partial charge on any atom is -0.478 e. The van der Waals surface area contributed by atoms with Crippen molar-refractivity contribution in [3.63, 3.8) is 0 Å². The Labute approximate surface area is 178 Å². The summed E-state index contributed by atoms with van der Waals surface area (Å²) < 4.78 is 56.7. The van der Waals surface area contributed by atoms with Crippen molar-refractivity contribution in [1.29, 1.82) is 0 Å². The Morgan fingerprint density at radius 1 is 0.774 bits per heavy atom. The van der Waals surface area contributed by atoms with Gasteiger partial charge >= 0.3 is 23.9 Å². The summed E-state index contributed by atoms with van der Waals surface area (Å²) in [4.78, 5) is 53.6. The van der Waals surface area contributed by atoms with E-state index in [1.165, 1.54) is 0 Å². The number of esters is 2. The quantitative estimate of drug-likeness (QED) is 0.268. The first-order chi connectivity index (χ1) is 14.3. The van der Waals surface area contributed by atoms with E-state index in [1.807, 2.05) is 0 Å². The first-order valence-electron chi connectivity index (χ1n) is 7.55. The molecule has 0 saturated carbocycles. The van der Waals surface area contributed by atoms with Crippen molar-refractivity contribution in [2.24, 2.45) is 0 Å². The van der Waals surface area contributed by atoms with Crippen molar-refractivity contribution in [2.75, 3.05) is 0 Å². The lowest BCUT2D eigenvalue weighted by Gasteiger charge is -2.12. The van der Waals surface area contributed by atoms with E-state index in [-0.39, 0.29) is 0 Å². The first-order valence-corrected chi connectivity index (χ1v) is 8.31. The Morgan fingerprint density at radius 3 is 1.35 bits per heavy atom. The maximum absolute atomic E-state index is 13.1. The number of carboxylic acid groups (broad SMARTS) is 2. The molecule has 0 aliphatic heterocycles. The molecule has 0 atom stereocenters. The van der Waals surface area contributed by atoms with Crippen LogP contribution in [0, 0.1) is 0 Å². The Bertz CT molecular complexity index is 1030. The zero-order chi connectivity index (χ0) is 23.6. The number of aromatic nitrogens is 2. The molecule has 0 aromatic carbocycles. The average Bonchev–Trinajstić information content (AvgIpc) is 2.65. The second kappa shape index (κ2) is 9.22. The van der Waals surface area contributed by atoms with Crippen LogP contribution in [0.1, 0.15) is 65.7 Å². The molecule has 0 amide bonds. The second-order valence-corrected chi connectivity index (χ2v) is 6.18. The van der Waals surface area contributed by atoms with Crippen LogP contribution in [0.4, 0.5) is 17.6 Å². The van der Waals surface area contributed by atoms with Gasteiger partial charge in [0.25, 0.3) is 12.9 Å². The molecule has 2 N–H and O–H groups in total. The highest BCUT2D eigenvalue weighted by atomic mass is 35.5. The number of hydrogen-bond acceptors (Lipinski definition) is 7. The van der Waals surface area contributed by atoms with E-state index >= 15 is 0 Å². The average molecular weight is 485 g/mol. The highest BCUT2D eigenvalue weighted by molar-refractivity contribution is 6.30. The van der Waals surface area contributed by atoms with Gasteiger partial charge in [-0.05, 0) is 12.1 Å². The van der Waals surface area contributed by atoms with Crippen LogP contribution in [0.25, 0.3) is 0 Å². The largest absolute Gasteiger partial charge is 0.478 e. The standard InChI is InChI=1S/C16H6Cl2F4N2O7/c17-5-1-3(11(19)20)7(13(25)26)9(23-5)15(29)31-16(30)10-8(14(27)28)4(12(21)22)2-6(18)24-10/h1-2,11-12H,(H,25,26)(H,27,28). The summed E-state index contributed by atoms with van der Waals surface area (Å²) in [6, 6.07) is 0.925. The van der Waals surface area contributed by atoms with Crippen LogP contribution in [0.3, 0.4) is 0 Å². The SMILES string of the molecule is O=C(OC(=O)c1nc(Cl)cc(C(F)F)c1C(=O)O)c1nc(Cl)cc(C(F)F)c1C(=O)O. The van der Waals surface area contributed by atoms with Gasteiger partial charge in [0.1, 0.15) is 21.4 Å². The minimum absolute atomic E-state index is 0.463. The summed E-state index contributed by atoms with van der Waals surface area (Å²) in [5.74, 6) is -7.98. The Balaban J connectivity index is 2.57. The zero-order valence-corrected chi connectivity index (χ0v) is 15.9. The Morgan fingerprint density at radius 2 is 1.10 bits per heavy atom. The minimum atomic E-state index is -3.42. The summed E-state index contributed by atoms with van der Waals surface area (Å²) in [5, 5.41) is 16.8. The fraction of sp³-hybridized carbons (Fsp3) is 0.125. The van der Waals surface area contributed by atoms with Crippen LogP contribution in [0.2, 0.25) is 10.3 Å². The summed E-state index contributed by atoms with van der Waals surface area (Å²) in [5.41, 5.74) is -7.78. The molecule has 0 spiro atoms. The van der Waals surface area contributed by atoms with Gasteiger partial charge in [-0.15, -0.1) is 0 Å². The molecular weight excluding hydrogens is 479 g/mol. The van der Waals surface area contributed by atoms with Crippen LogP contribution < -0.4 is 0 Å². The monoisotopic (exact) mass is 484 g/mol. The van der Waals surface area contributed by atoms with Crippen LogP contribution in [-0.2, 0) is 4.74 Å². The molecule has 0 aliphatic carbocycles. The van der Waals surface area contributed by atoms with E-state index in [4.69, 9.17) is 33.4 Å². The van der Waals surface area contributed by atoms with Crippen molar-refractivity contribution in [1.82, 2.24) is 9.97 Å². The molecule has 2 heterocycles. The van der Waals surface area contributed by atoms with Crippen molar-refractivity contribution < 1.29 is 51.7 Å². The number of carbonyl (C=O) groups is 4. The van der Waals surface area contributed by atoms with Gasteiger partial charge in [0.15, 0.2) is 11.4 Å². The highest BCUT2D eigenvalue weighted by Gasteiger charge is 2.33. The fourth-order valence-electron chi connectivity index (χ4n) is 2.33. The topological polar surface area (TPSA) is 144 Å². The summed E-state index contributed by atoms with van der Waals surface area (Å²) in [7, 11) is 0. The van der Waals surface area contributed by atoms with Gasteiger partial charge in [0.05, 0.1) is 0 Å². The number of ether oxygens (including phenoxy) is 1. The van der Waals surface area contributed by atoms with Crippen molar-refractivity contribution in [3.05, 3.63) is 56.1 Å². The van der Waals surface area contributed by atoms with Crippen LogP contribution in [0.15, 0.2) is 12.1 Å². The van der Waals surface area contributed by atoms with E-state index in [0.29, 0.717) is 12.1 Å². The van der Waals surface area contributed by atoms with E-state index < -0.39 is 80.7 Å². The van der Waals surface area contributed by atoms with Crippen LogP contribution in [-0.4, -0.2) is 44.1 Å². The van der Waals surface area contributed by atoms with Gasteiger partial charge in [-0.25, -0.2) is 46.7 Å². The van der Waals surface area contributed by atoms with Gasteiger partial charge in [0.2, 0.25) is 0 Å². The molecule has 9 nitrogen and oxygen atoms in total. The maximum Gasteiger partial charge on any atom is 0.365 e. The molecule has 0 unspecified atom stereocenters. The first kappa shape index (κ1) is 24.0. The fourth-order valence-corrected chi connectivity index (χ4v) is 2.74. The number of aromatic carboxylic acids is 2. The number of alkyl halides is 4. The second-order valence-electron chi connectivity index (χ2n) is 5.40. The molecule has 31 heavy (non-hydrogen) atoms. The van der Waals surface area contributed by atoms with Crippen LogP contribution in [0.5, 0.6) is 0 Å². The molecule has 0 bridgehead atoms. The molecule has 0 radical (unpaired) electrons. The third-order valence-corrected chi connectivity index (χ3v) is 3.89. The highest BCUT2D eigenvalue weighted by Crippen LogP contribution is 2.30. The Kier molecular flexibility index (Phi) is 7.13. The van der Waals surface area contributed by atoms with Crippen molar-refractivity contribution in [2.45, 2.75) is 12.9 Å². The Hall–Kier alpha value is -3.32. The molecule has 15 heteroatoms. The molecule has 0 saturated heterocycles. The van der Waals surface area contributed by atoms with Crippen molar-refractivity contribution >= 4 is 47.1 Å². The summed E-state index contributed by atoms with van der Waals surface area (Å²) >= 11 is 11.0. The molecule has 0 fully saturated rings. The molecular formula is C16H6Cl2F4N2O7. The predicted octanol–water partition coefficient (Wildman–Crippen LogP) is 4.05. The number of pyridine rings is 2. The van der Waals surface area contributed by atoms with E-state index in [1.54, 1.807) is 0 Å². The summed E-state index contributed by atoms with van der Waals surface area (Å²) in [6.07, 6.45) is -6.84. The van der Waals surface area contributed by atoms with Gasteiger partial charge in [0, 0.05) is 11.1 Å². The van der Waals surface area contributed by atoms with Crippen LogP contribution >= 0.6 is 23.2 Å². The number of carboxylic acids is 2. The summed E-state index contributed by atoms with van der Waals surface area (Å²) in [6.45, 7) is 0. The lowest BCUT2D eigenvalue weighted by atomic mass is 10.1. The number of hydrogen-bond donors (Lipinski definition) is 2. The predicted molar refractivity (Wildman–Crippen MR) is 92.1 cm³/mol. The van der Waals surface area contributed by atoms with E-state index in [2.05, 4.69) is 14.7 Å². The molecule has 2 rings (SSSR count). The molecule has 2 aromatic rings. The number of halogens is 6. The maximum atomic E-state index is 13.1. The number of nitrogens with zero attached hydrogens (tertiary/aromatic N) is 2. The van der Waals surface area contributed by atoms with Gasteiger partial charge < -0.3 is 14.9 Å². The van der Waals surface area contributed by atoms with Gasteiger partial charge in [-0.2, -0.15) is 0 Å². The lowest BCUT2D eigenvalue weighted by molar-refractivity contribution is 0.0376. The molecule has 0 aliphatic rings. The zero-order valence-electron chi connectivity index (χ0n) is 14.4. The van der Waals surface area contributed by atoms with Crippen molar-refractivity contribution in [3.8, 4) is 0 Å². The normalized spacial score (nSPS) is 11.0. The third kappa shape index (κ3) is 5.06. The van der Waals surface area contributed by atoms with Gasteiger partial charge in [-0.3, -0.25) is 0 Å². The molecule has 2 aromatic heterocycles. The van der Waals surface area contributed by atoms with E-state index in [9.17, 15) is 36.7 Å². The smallest absolute Gasteiger partial charge is 0.365 e. The molecule has 164 valence electrons. The van der Waals surface area contributed by atoms with Gasteiger partial charge in [-0.1, -0.05) is 23.2 Å². The third-order valence-electron chi connectivity index (χ3n) is 3.51. The lowest BCUT2D eigenvalue weighted by Crippen LogP contribution is -2.22. The number of rotatable bonds is 6. The number of carbonyl (C=O) groups excluding carboxylic acids is 2. The van der Waals surface area contributed by atoms with E-state index in [0.717, 1.165) is 0 Å².